The highest BCUT2D eigenvalue weighted by Gasteiger charge is 2.15. The predicted octanol–water partition coefficient (Wildman–Crippen LogP) is 3.46. The normalized spacial score (nSPS) is 18.9. The summed E-state index contributed by atoms with van der Waals surface area (Å²) in [5.74, 6) is 0. The van der Waals surface area contributed by atoms with Crippen molar-refractivity contribution in [3.63, 3.8) is 0 Å². The van der Waals surface area contributed by atoms with Crippen molar-refractivity contribution in [1.82, 2.24) is 10.6 Å². The van der Waals surface area contributed by atoms with Gasteiger partial charge in [-0.15, -0.1) is 0 Å². The van der Waals surface area contributed by atoms with Crippen molar-refractivity contribution in [2.45, 2.75) is 57.4 Å². The number of hydrogen-bond donors (Lipinski definition) is 2. The van der Waals surface area contributed by atoms with Crippen molar-refractivity contribution in [3.05, 3.63) is 29.8 Å². The first kappa shape index (κ1) is 16.2. The molecule has 2 aliphatic rings. The van der Waals surface area contributed by atoms with Crippen LogP contribution in [0.1, 0.15) is 50.5 Å². The summed E-state index contributed by atoms with van der Waals surface area (Å²) in [5, 5.41) is 6.08. The number of urea groups is 1. The molecule has 1 aliphatic carbocycles. The molecule has 4 nitrogen and oxygen atoms in total. The third-order valence-electron chi connectivity index (χ3n) is 5.05. The highest BCUT2D eigenvalue weighted by molar-refractivity contribution is 5.74. The molecule has 126 valence electrons. The van der Waals surface area contributed by atoms with E-state index in [1.165, 1.54) is 56.4 Å². The maximum absolute atomic E-state index is 11.9. The Labute approximate surface area is 139 Å². The summed E-state index contributed by atoms with van der Waals surface area (Å²) in [6.45, 7) is 3.06. The van der Waals surface area contributed by atoms with Crippen LogP contribution in [0.5, 0.6) is 0 Å². The van der Waals surface area contributed by atoms with E-state index in [0.29, 0.717) is 12.6 Å². The van der Waals surface area contributed by atoms with Crippen molar-refractivity contribution < 1.29 is 4.79 Å². The van der Waals surface area contributed by atoms with E-state index < -0.39 is 0 Å². The Morgan fingerprint density at radius 3 is 2.39 bits per heavy atom. The van der Waals surface area contributed by atoms with Gasteiger partial charge in [0, 0.05) is 31.4 Å². The lowest BCUT2D eigenvalue weighted by Gasteiger charge is -2.22. The van der Waals surface area contributed by atoms with Gasteiger partial charge in [-0.05, 0) is 49.8 Å². The molecule has 2 N–H and O–H groups in total. The third-order valence-corrected chi connectivity index (χ3v) is 5.05. The second-order valence-electron chi connectivity index (χ2n) is 6.85. The number of rotatable bonds is 5. The van der Waals surface area contributed by atoms with Crippen molar-refractivity contribution >= 4 is 11.7 Å². The molecule has 0 atom stereocenters. The van der Waals surface area contributed by atoms with Gasteiger partial charge < -0.3 is 15.5 Å². The minimum atomic E-state index is -0.00872. The molecule has 3 rings (SSSR count). The zero-order chi connectivity index (χ0) is 15.9. The lowest BCUT2D eigenvalue weighted by molar-refractivity contribution is 0.233. The van der Waals surface area contributed by atoms with E-state index in [4.69, 9.17) is 0 Å². The van der Waals surface area contributed by atoms with E-state index in [9.17, 15) is 4.79 Å². The molecule has 1 aromatic carbocycles. The first-order valence-corrected chi connectivity index (χ1v) is 9.19. The summed E-state index contributed by atoms with van der Waals surface area (Å²) in [7, 11) is 0. The van der Waals surface area contributed by atoms with Crippen molar-refractivity contribution in [3.8, 4) is 0 Å². The van der Waals surface area contributed by atoms with Gasteiger partial charge >= 0.3 is 6.03 Å². The minimum Gasteiger partial charge on any atom is -0.372 e. The fraction of sp³-hybridized carbons (Fsp3) is 0.632. The van der Waals surface area contributed by atoms with E-state index in [2.05, 4.69) is 39.8 Å². The molecule has 2 fully saturated rings. The van der Waals surface area contributed by atoms with Crippen LogP contribution >= 0.6 is 0 Å². The largest absolute Gasteiger partial charge is 0.372 e. The SMILES string of the molecule is O=C(NCCc1ccc(N2CCCC2)cc1)NC1CCCCC1. The van der Waals surface area contributed by atoms with E-state index in [1.807, 2.05) is 0 Å². The molecule has 0 unspecified atom stereocenters. The van der Waals surface area contributed by atoms with Gasteiger partial charge in [-0.3, -0.25) is 0 Å². The van der Waals surface area contributed by atoms with Gasteiger partial charge in [0.05, 0.1) is 0 Å². The van der Waals surface area contributed by atoms with E-state index in [1.54, 1.807) is 0 Å². The lowest BCUT2D eigenvalue weighted by atomic mass is 9.96. The molecule has 23 heavy (non-hydrogen) atoms. The molecule has 1 aromatic rings. The Balaban J connectivity index is 1.37. The molecule has 0 radical (unpaired) electrons. The molecule has 0 aromatic heterocycles. The van der Waals surface area contributed by atoms with Crippen LogP contribution in [0.2, 0.25) is 0 Å². The molecule has 1 saturated heterocycles. The predicted molar refractivity (Wildman–Crippen MR) is 95.0 cm³/mol. The average molecular weight is 315 g/mol. The van der Waals surface area contributed by atoms with Gasteiger partial charge in [0.25, 0.3) is 0 Å². The summed E-state index contributed by atoms with van der Waals surface area (Å²) < 4.78 is 0. The molecule has 0 bridgehead atoms. The molecular weight excluding hydrogens is 286 g/mol. The van der Waals surface area contributed by atoms with Crippen LogP contribution < -0.4 is 15.5 Å². The van der Waals surface area contributed by atoms with E-state index in [-0.39, 0.29) is 6.03 Å². The van der Waals surface area contributed by atoms with Crippen LogP contribution in [0.4, 0.5) is 10.5 Å². The summed E-state index contributed by atoms with van der Waals surface area (Å²) in [6.07, 6.45) is 9.56. The highest BCUT2D eigenvalue weighted by atomic mass is 16.2. The van der Waals surface area contributed by atoms with Crippen LogP contribution in [0.15, 0.2) is 24.3 Å². The van der Waals surface area contributed by atoms with Gasteiger partial charge in [0.2, 0.25) is 0 Å². The number of amides is 2. The van der Waals surface area contributed by atoms with Gasteiger partial charge in [-0.2, -0.15) is 0 Å². The smallest absolute Gasteiger partial charge is 0.315 e. The number of carbonyl (C=O) groups is 1. The lowest BCUT2D eigenvalue weighted by Crippen LogP contribution is -2.43. The molecule has 1 aliphatic heterocycles. The monoisotopic (exact) mass is 315 g/mol. The highest BCUT2D eigenvalue weighted by Crippen LogP contribution is 2.20. The van der Waals surface area contributed by atoms with Crippen LogP contribution in [-0.4, -0.2) is 31.7 Å². The fourth-order valence-corrected chi connectivity index (χ4v) is 3.65. The first-order valence-electron chi connectivity index (χ1n) is 9.19. The Morgan fingerprint density at radius 2 is 1.70 bits per heavy atom. The zero-order valence-corrected chi connectivity index (χ0v) is 14.0. The fourth-order valence-electron chi connectivity index (χ4n) is 3.65. The van der Waals surface area contributed by atoms with Crippen molar-refractivity contribution in [2.24, 2.45) is 0 Å². The van der Waals surface area contributed by atoms with Gasteiger partial charge in [-0.1, -0.05) is 31.4 Å². The maximum Gasteiger partial charge on any atom is 0.315 e. The Morgan fingerprint density at radius 1 is 1.00 bits per heavy atom. The zero-order valence-electron chi connectivity index (χ0n) is 14.0. The molecule has 4 heteroatoms. The molecule has 1 heterocycles. The standard InChI is InChI=1S/C19H29N3O/c23-19(21-17-6-2-1-3-7-17)20-13-12-16-8-10-18(11-9-16)22-14-4-5-15-22/h8-11,17H,1-7,12-15H2,(H2,20,21,23). The third kappa shape index (κ3) is 4.88. The molecule has 0 spiro atoms. The van der Waals surface area contributed by atoms with Gasteiger partial charge in [0.1, 0.15) is 0 Å². The summed E-state index contributed by atoms with van der Waals surface area (Å²) in [4.78, 5) is 14.3. The van der Waals surface area contributed by atoms with E-state index >= 15 is 0 Å². The summed E-state index contributed by atoms with van der Waals surface area (Å²) >= 11 is 0. The van der Waals surface area contributed by atoms with Crippen LogP contribution in [0.25, 0.3) is 0 Å². The first-order chi connectivity index (χ1) is 11.3. The van der Waals surface area contributed by atoms with Crippen LogP contribution in [0, 0.1) is 0 Å². The average Bonchev–Trinajstić information content (AvgIpc) is 3.11. The maximum atomic E-state index is 11.9. The topological polar surface area (TPSA) is 44.4 Å². The van der Waals surface area contributed by atoms with Crippen LogP contribution in [-0.2, 0) is 6.42 Å². The van der Waals surface area contributed by atoms with E-state index in [0.717, 1.165) is 19.3 Å². The number of benzene rings is 1. The number of nitrogens with one attached hydrogen (secondary N) is 2. The number of hydrogen-bond acceptors (Lipinski definition) is 2. The van der Waals surface area contributed by atoms with Crippen molar-refractivity contribution in [2.75, 3.05) is 24.5 Å². The van der Waals surface area contributed by atoms with Gasteiger partial charge in [-0.25, -0.2) is 4.79 Å². The van der Waals surface area contributed by atoms with Gasteiger partial charge in [0.15, 0.2) is 0 Å². The Hall–Kier alpha value is -1.71. The van der Waals surface area contributed by atoms with Crippen LogP contribution in [0.3, 0.4) is 0 Å². The number of carbonyl (C=O) groups excluding carboxylic acids is 1. The quantitative estimate of drug-likeness (QED) is 0.874. The molecular formula is C19H29N3O. The second-order valence-corrected chi connectivity index (χ2v) is 6.85. The molecule has 1 saturated carbocycles. The summed E-state index contributed by atoms with van der Waals surface area (Å²) in [6, 6.07) is 9.17. The Bertz CT molecular complexity index is 488. The molecule has 2 amide bonds. The van der Waals surface area contributed by atoms with Crippen molar-refractivity contribution in [1.29, 1.82) is 0 Å². The number of nitrogens with zero attached hydrogens (tertiary/aromatic N) is 1. The Kier molecular flexibility index (Phi) is 5.78. The minimum absolute atomic E-state index is 0.00872. The second kappa shape index (κ2) is 8.23. The number of anilines is 1. The summed E-state index contributed by atoms with van der Waals surface area (Å²) in [5.41, 5.74) is 2.61.